The number of carbonyl (C=O) groups excluding carboxylic acids is 1. The Kier molecular flexibility index (Phi) is 5.57. The first kappa shape index (κ1) is 17.7. The number of carbonyl (C=O) groups is 1. The van der Waals surface area contributed by atoms with Gasteiger partial charge in [0.15, 0.2) is 0 Å². The minimum Gasteiger partial charge on any atom is -0.465 e. The molecule has 21 heavy (non-hydrogen) atoms. The molecule has 0 aliphatic carbocycles. The van der Waals surface area contributed by atoms with Gasteiger partial charge in [-0.2, -0.15) is 0 Å². The summed E-state index contributed by atoms with van der Waals surface area (Å²) in [6.07, 6.45) is 2.05. The van der Waals surface area contributed by atoms with Crippen LogP contribution in [0, 0.1) is 0 Å². The lowest BCUT2D eigenvalue weighted by Gasteiger charge is -2.29. The maximum Gasteiger partial charge on any atom is 0.337 e. The summed E-state index contributed by atoms with van der Waals surface area (Å²) in [6, 6.07) is 7.46. The lowest BCUT2D eigenvalue weighted by molar-refractivity contribution is 0.0600. The van der Waals surface area contributed by atoms with E-state index in [1.807, 2.05) is 18.2 Å². The van der Waals surface area contributed by atoms with Crippen LogP contribution in [0.3, 0.4) is 0 Å². The molecule has 0 saturated carbocycles. The molecular weight excluding hydrogens is 292 g/mol. The summed E-state index contributed by atoms with van der Waals surface area (Å²) in [5.74, 6) is -0.300. The molecule has 0 fully saturated rings. The summed E-state index contributed by atoms with van der Waals surface area (Å²) >= 11 is 0. The number of hydrogen-bond acceptors (Lipinski definition) is 2. The third-order valence-corrected chi connectivity index (χ3v) is 11.0. The average molecular weight is 319 g/mol. The molecule has 0 aliphatic rings. The maximum atomic E-state index is 11.4. The highest BCUT2D eigenvalue weighted by Gasteiger charge is 2.30. The Morgan fingerprint density at radius 2 is 1.48 bits per heavy atom. The first-order valence-electron chi connectivity index (χ1n) is 7.22. The molecule has 0 radical (unpaired) electrons. The van der Waals surface area contributed by atoms with Crippen LogP contribution in [0.4, 0.5) is 0 Å². The molecule has 0 saturated heterocycles. The topological polar surface area (TPSA) is 26.3 Å². The SMILES string of the molecule is COC(=O)c1ccc(C=C=C([Si](C)(C)C)[Si](C)(C)C)cc1. The van der Waals surface area contributed by atoms with E-state index in [0.29, 0.717) is 5.56 Å². The highest BCUT2D eigenvalue weighted by Crippen LogP contribution is 2.24. The quantitative estimate of drug-likeness (QED) is 0.454. The van der Waals surface area contributed by atoms with Gasteiger partial charge in [0.2, 0.25) is 0 Å². The summed E-state index contributed by atoms with van der Waals surface area (Å²) < 4.78 is 4.71. The van der Waals surface area contributed by atoms with Gasteiger partial charge in [-0.1, -0.05) is 56.2 Å². The van der Waals surface area contributed by atoms with E-state index in [1.165, 1.54) is 7.11 Å². The number of rotatable bonds is 4. The van der Waals surface area contributed by atoms with E-state index in [4.69, 9.17) is 4.74 Å². The summed E-state index contributed by atoms with van der Waals surface area (Å²) in [6.45, 7) is 14.3. The van der Waals surface area contributed by atoms with Crippen molar-refractivity contribution in [3.05, 3.63) is 45.9 Å². The lowest BCUT2D eigenvalue weighted by atomic mass is 10.1. The van der Waals surface area contributed by atoms with E-state index in [-0.39, 0.29) is 5.97 Å². The molecule has 0 heterocycles. The average Bonchev–Trinajstić information content (AvgIpc) is 2.35. The van der Waals surface area contributed by atoms with Crippen LogP contribution in [0.5, 0.6) is 0 Å². The summed E-state index contributed by atoms with van der Waals surface area (Å²) in [5, 5.41) is 0. The molecule has 2 nitrogen and oxygen atoms in total. The molecule has 1 rings (SSSR count). The Morgan fingerprint density at radius 3 is 1.86 bits per heavy atom. The van der Waals surface area contributed by atoms with Crippen LogP contribution in [0.2, 0.25) is 39.3 Å². The summed E-state index contributed by atoms with van der Waals surface area (Å²) in [4.78, 5) is 13.0. The normalized spacial score (nSPS) is 11.6. The van der Waals surface area contributed by atoms with Crippen LogP contribution in [0.15, 0.2) is 34.8 Å². The molecule has 0 N–H and O–H groups in total. The molecule has 114 valence electrons. The van der Waals surface area contributed by atoms with E-state index in [1.54, 1.807) is 17.0 Å². The number of benzene rings is 1. The Labute approximate surface area is 130 Å². The van der Waals surface area contributed by atoms with Crippen molar-refractivity contribution >= 4 is 28.2 Å². The van der Waals surface area contributed by atoms with Gasteiger partial charge in [0.25, 0.3) is 0 Å². The van der Waals surface area contributed by atoms with Crippen molar-refractivity contribution in [3.8, 4) is 0 Å². The number of hydrogen-bond donors (Lipinski definition) is 0. The Balaban J connectivity index is 3.17. The number of methoxy groups -OCH3 is 1. The largest absolute Gasteiger partial charge is 0.465 e. The van der Waals surface area contributed by atoms with Gasteiger partial charge in [-0.05, 0) is 23.8 Å². The lowest BCUT2D eigenvalue weighted by Crippen LogP contribution is -2.39. The fourth-order valence-electron chi connectivity index (χ4n) is 2.55. The van der Waals surface area contributed by atoms with Crippen molar-refractivity contribution in [3.63, 3.8) is 0 Å². The van der Waals surface area contributed by atoms with Gasteiger partial charge in [0.1, 0.15) is 0 Å². The third-order valence-electron chi connectivity index (χ3n) is 3.21. The maximum absolute atomic E-state index is 11.4. The standard InChI is InChI=1S/C17H26O2Si2/c1-19-17(18)15-11-8-14(9-12-15)10-13-16(20(2,3)4)21(5,6)7/h8-12H,1-7H3. The molecule has 0 bridgehead atoms. The van der Waals surface area contributed by atoms with Gasteiger partial charge in [-0.3, -0.25) is 0 Å². The molecule has 0 aromatic heterocycles. The van der Waals surface area contributed by atoms with E-state index in [2.05, 4.69) is 45.0 Å². The number of esters is 1. The fourth-order valence-corrected chi connectivity index (χ4v) is 12.6. The van der Waals surface area contributed by atoms with Crippen molar-refractivity contribution < 1.29 is 9.53 Å². The first-order valence-corrected chi connectivity index (χ1v) is 14.2. The second kappa shape index (κ2) is 6.60. The van der Waals surface area contributed by atoms with Crippen molar-refractivity contribution in [2.45, 2.75) is 39.3 Å². The zero-order chi connectivity index (χ0) is 16.3. The molecule has 0 amide bonds. The second-order valence-electron chi connectivity index (χ2n) is 7.28. The molecule has 0 atom stereocenters. The zero-order valence-corrected chi connectivity index (χ0v) is 16.2. The molecule has 0 aliphatic heterocycles. The fraction of sp³-hybridized carbons (Fsp3) is 0.412. The van der Waals surface area contributed by atoms with Crippen molar-refractivity contribution in [1.82, 2.24) is 0 Å². The van der Waals surface area contributed by atoms with Gasteiger partial charge in [-0.15, -0.1) is 5.73 Å². The second-order valence-corrected chi connectivity index (χ2v) is 17.8. The van der Waals surface area contributed by atoms with Crippen LogP contribution < -0.4 is 0 Å². The van der Waals surface area contributed by atoms with E-state index in [0.717, 1.165) is 5.56 Å². The molecular formula is C17H26O2Si2. The highest BCUT2D eigenvalue weighted by atomic mass is 28.4. The summed E-state index contributed by atoms with van der Waals surface area (Å²) in [7, 11) is -1.30. The highest BCUT2D eigenvalue weighted by molar-refractivity contribution is 7.04. The first-order chi connectivity index (χ1) is 9.55. The van der Waals surface area contributed by atoms with Crippen LogP contribution in [0.1, 0.15) is 15.9 Å². The molecule has 0 unspecified atom stereocenters. The number of ether oxygens (including phenoxy) is 1. The van der Waals surface area contributed by atoms with Gasteiger partial charge < -0.3 is 4.74 Å². The van der Waals surface area contributed by atoms with Gasteiger partial charge in [0, 0.05) is 0 Å². The molecule has 1 aromatic rings. The van der Waals surface area contributed by atoms with Crippen molar-refractivity contribution in [2.75, 3.05) is 7.11 Å². The van der Waals surface area contributed by atoms with Gasteiger partial charge in [0.05, 0.1) is 28.8 Å². The molecule has 4 heteroatoms. The van der Waals surface area contributed by atoms with Crippen molar-refractivity contribution in [2.24, 2.45) is 0 Å². The van der Waals surface area contributed by atoms with Crippen LogP contribution >= 0.6 is 0 Å². The predicted molar refractivity (Wildman–Crippen MR) is 96.0 cm³/mol. The smallest absolute Gasteiger partial charge is 0.337 e. The van der Waals surface area contributed by atoms with Gasteiger partial charge >= 0.3 is 5.97 Å². The van der Waals surface area contributed by atoms with Crippen LogP contribution in [-0.2, 0) is 4.74 Å². The Morgan fingerprint density at radius 1 is 1.00 bits per heavy atom. The zero-order valence-electron chi connectivity index (χ0n) is 14.2. The third kappa shape index (κ3) is 5.16. The van der Waals surface area contributed by atoms with E-state index < -0.39 is 16.1 Å². The molecule has 1 aromatic carbocycles. The minimum absolute atomic E-state index is 0.300. The van der Waals surface area contributed by atoms with E-state index >= 15 is 0 Å². The molecule has 0 spiro atoms. The van der Waals surface area contributed by atoms with Crippen LogP contribution in [-0.4, -0.2) is 29.2 Å². The predicted octanol–water partition coefficient (Wildman–Crippen LogP) is 4.77. The van der Waals surface area contributed by atoms with E-state index in [9.17, 15) is 4.79 Å². The van der Waals surface area contributed by atoms with Crippen molar-refractivity contribution in [1.29, 1.82) is 0 Å². The van der Waals surface area contributed by atoms with Gasteiger partial charge in [-0.25, -0.2) is 4.79 Å². The summed E-state index contributed by atoms with van der Waals surface area (Å²) in [5.41, 5.74) is 5.22. The minimum atomic E-state index is -1.35. The monoisotopic (exact) mass is 318 g/mol. The van der Waals surface area contributed by atoms with Crippen LogP contribution in [0.25, 0.3) is 6.08 Å². The Bertz CT molecular complexity index is 550. The Hall–Kier alpha value is -1.36.